The van der Waals surface area contributed by atoms with E-state index < -0.39 is 41.6 Å². The van der Waals surface area contributed by atoms with Gasteiger partial charge in [-0.05, 0) is 73.9 Å². The summed E-state index contributed by atoms with van der Waals surface area (Å²) in [6, 6.07) is 1.52. The first-order chi connectivity index (χ1) is 22.6. The SMILES string of the molecule is CCC12C=C(CN(Cc3cc(C(F)(F)F)cc(C(F)(F)F)c3)c3nnn(C)n3)C(N(CC3CC3)C(=O)C3CCCC3)=NC1N(C)N=C2C. The van der Waals surface area contributed by atoms with Crippen molar-refractivity contribution in [2.45, 2.75) is 83.9 Å². The van der Waals surface area contributed by atoms with Crippen molar-refractivity contribution in [2.24, 2.45) is 34.4 Å². The Morgan fingerprint density at radius 1 is 0.979 bits per heavy atom. The molecule has 2 fully saturated rings. The average molecular weight is 680 g/mol. The van der Waals surface area contributed by atoms with E-state index in [1.807, 2.05) is 27.0 Å². The topological polar surface area (TPSA) is 95.1 Å². The Bertz CT molecular complexity index is 1600. The van der Waals surface area contributed by atoms with Gasteiger partial charge in [-0.25, -0.2) is 4.99 Å². The Kier molecular flexibility index (Phi) is 8.81. The van der Waals surface area contributed by atoms with Crippen molar-refractivity contribution in [1.29, 1.82) is 0 Å². The Labute approximate surface area is 274 Å². The molecule has 2 saturated carbocycles. The minimum atomic E-state index is -5.00. The summed E-state index contributed by atoms with van der Waals surface area (Å²) in [5.41, 5.74) is -2.30. The minimum Gasteiger partial charge on any atom is -0.329 e. The summed E-state index contributed by atoms with van der Waals surface area (Å²) in [5.74, 6) is 0.608. The average Bonchev–Trinajstić information content (AvgIpc) is 3.37. The number of hydrogen-bond acceptors (Lipinski definition) is 8. The molecule has 6 rings (SSSR count). The zero-order valence-electron chi connectivity index (χ0n) is 27.3. The maximum absolute atomic E-state index is 14.2. The second kappa shape index (κ2) is 12.5. The van der Waals surface area contributed by atoms with Gasteiger partial charge >= 0.3 is 12.4 Å². The van der Waals surface area contributed by atoms with Crippen LogP contribution in [0.2, 0.25) is 0 Å². The minimum absolute atomic E-state index is 0.00110. The molecule has 260 valence electrons. The number of alkyl halides is 6. The van der Waals surface area contributed by atoms with E-state index in [4.69, 9.17) is 10.1 Å². The van der Waals surface area contributed by atoms with Crippen LogP contribution < -0.4 is 4.90 Å². The van der Waals surface area contributed by atoms with Gasteiger partial charge in [-0.1, -0.05) is 30.9 Å². The van der Waals surface area contributed by atoms with E-state index in [0.717, 1.165) is 49.0 Å². The van der Waals surface area contributed by atoms with E-state index in [-0.39, 0.29) is 35.9 Å². The lowest BCUT2D eigenvalue weighted by Crippen LogP contribution is -2.50. The van der Waals surface area contributed by atoms with Crippen LogP contribution in [-0.4, -0.2) is 73.9 Å². The molecule has 4 aliphatic rings. The first-order valence-electron chi connectivity index (χ1n) is 16.3. The highest BCUT2D eigenvalue weighted by molar-refractivity contribution is 6.10. The highest BCUT2D eigenvalue weighted by atomic mass is 19.4. The monoisotopic (exact) mass is 679 g/mol. The lowest BCUT2D eigenvalue weighted by molar-refractivity contribution is -0.143. The van der Waals surface area contributed by atoms with Crippen LogP contribution in [0.15, 0.2) is 39.9 Å². The number of halogens is 6. The molecule has 1 aromatic heterocycles. The van der Waals surface area contributed by atoms with Crippen molar-refractivity contribution < 1.29 is 31.1 Å². The molecule has 0 N–H and O–H groups in total. The fourth-order valence-electron chi connectivity index (χ4n) is 7.12. The largest absolute Gasteiger partial charge is 0.416 e. The third kappa shape index (κ3) is 6.66. The molecule has 1 amide bonds. The van der Waals surface area contributed by atoms with Crippen LogP contribution in [0.1, 0.15) is 75.5 Å². The number of benzene rings is 1. The van der Waals surface area contributed by atoms with Gasteiger partial charge in [0.05, 0.1) is 23.6 Å². The fraction of sp³-hybridized carbons (Fsp3) is 0.625. The molecule has 10 nitrogen and oxygen atoms in total. The van der Waals surface area contributed by atoms with Crippen LogP contribution >= 0.6 is 0 Å². The quantitative estimate of drug-likeness (QED) is 0.299. The van der Waals surface area contributed by atoms with Crippen LogP contribution in [0.25, 0.3) is 0 Å². The number of aryl methyl sites for hydroxylation is 1. The third-order valence-corrected chi connectivity index (χ3v) is 9.87. The molecular weight excluding hydrogens is 640 g/mol. The number of carbonyl (C=O) groups is 1. The number of nitrogens with zero attached hydrogens (tertiary/aromatic N) is 9. The van der Waals surface area contributed by atoms with Crippen LogP contribution in [-0.2, 0) is 30.7 Å². The number of amidine groups is 1. The third-order valence-electron chi connectivity index (χ3n) is 9.87. The van der Waals surface area contributed by atoms with Crippen LogP contribution in [0.3, 0.4) is 0 Å². The van der Waals surface area contributed by atoms with Crippen molar-refractivity contribution in [3.63, 3.8) is 0 Å². The summed E-state index contributed by atoms with van der Waals surface area (Å²) < 4.78 is 82.8. The summed E-state index contributed by atoms with van der Waals surface area (Å²) in [6.07, 6.45) is -2.34. The summed E-state index contributed by atoms with van der Waals surface area (Å²) >= 11 is 0. The normalized spacial score (nSPS) is 23.2. The zero-order valence-corrected chi connectivity index (χ0v) is 27.3. The van der Waals surface area contributed by atoms with E-state index in [1.54, 1.807) is 9.91 Å². The number of rotatable bonds is 9. The van der Waals surface area contributed by atoms with Gasteiger partial charge < -0.3 is 4.90 Å². The van der Waals surface area contributed by atoms with Gasteiger partial charge in [-0.15, -0.1) is 5.10 Å². The number of aliphatic imine (C=N–C) groups is 1. The summed E-state index contributed by atoms with van der Waals surface area (Å²) in [7, 11) is 3.34. The lowest BCUT2D eigenvalue weighted by atomic mass is 9.75. The van der Waals surface area contributed by atoms with Crippen LogP contribution in [0.4, 0.5) is 32.3 Å². The predicted molar refractivity (Wildman–Crippen MR) is 166 cm³/mol. The number of fused-ring (bicyclic) bond motifs is 1. The maximum Gasteiger partial charge on any atom is 0.416 e. The number of hydrogen-bond donors (Lipinski definition) is 0. The van der Waals surface area contributed by atoms with Crippen molar-refractivity contribution in [2.75, 3.05) is 25.0 Å². The van der Waals surface area contributed by atoms with Crippen molar-refractivity contribution in [1.82, 2.24) is 30.1 Å². The molecular formula is C32H39F6N9O. The molecule has 2 aromatic rings. The highest BCUT2D eigenvalue weighted by Gasteiger charge is 2.50. The second-order valence-electron chi connectivity index (χ2n) is 13.4. The number of carbonyl (C=O) groups excluding carboxylic acids is 1. The standard InChI is InChI=1S/C32H39F6N9O/c1-5-30-15-23(26(39-28(30)44(3)41-19(30)2)47(17-20-10-11-20)27(48)22-8-6-7-9-22)18-46(29-40-43-45(4)42-29)16-21-12-24(31(33,34)35)14-25(13-21)32(36,37)38/h12-15,20,22,28H,5-11,16-18H2,1-4H3. The summed E-state index contributed by atoms with van der Waals surface area (Å²) in [4.78, 5) is 23.8. The van der Waals surface area contributed by atoms with Crippen LogP contribution in [0.5, 0.6) is 0 Å². The van der Waals surface area contributed by atoms with E-state index in [2.05, 4.69) is 15.4 Å². The molecule has 16 heteroatoms. The Morgan fingerprint density at radius 2 is 1.62 bits per heavy atom. The molecule has 2 atom stereocenters. The Balaban J connectivity index is 1.45. The summed E-state index contributed by atoms with van der Waals surface area (Å²) in [6.45, 7) is 3.93. The maximum atomic E-state index is 14.2. The highest BCUT2D eigenvalue weighted by Crippen LogP contribution is 2.44. The number of aromatic nitrogens is 4. The predicted octanol–water partition coefficient (Wildman–Crippen LogP) is 6.07. The molecule has 2 aliphatic heterocycles. The number of hydrazone groups is 1. The van der Waals surface area contributed by atoms with Gasteiger partial charge in [-0.2, -0.15) is 36.2 Å². The number of anilines is 1. The molecule has 3 heterocycles. The molecule has 0 radical (unpaired) electrons. The smallest absolute Gasteiger partial charge is 0.329 e. The molecule has 0 spiro atoms. The molecule has 0 saturated heterocycles. The van der Waals surface area contributed by atoms with Gasteiger partial charge in [0.15, 0.2) is 6.17 Å². The van der Waals surface area contributed by atoms with Crippen LogP contribution in [0, 0.1) is 17.3 Å². The Hall–Kier alpha value is -3.98. The zero-order chi connectivity index (χ0) is 34.6. The summed E-state index contributed by atoms with van der Waals surface area (Å²) in [5, 5.41) is 18.7. The molecule has 48 heavy (non-hydrogen) atoms. The van der Waals surface area contributed by atoms with Crippen molar-refractivity contribution in [3.05, 3.63) is 46.5 Å². The first-order valence-corrected chi connectivity index (χ1v) is 16.3. The first kappa shape index (κ1) is 33.9. The van der Waals surface area contributed by atoms with Gasteiger partial charge in [-0.3, -0.25) is 14.7 Å². The van der Waals surface area contributed by atoms with E-state index in [1.165, 1.54) is 11.9 Å². The number of tetrazole rings is 1. The molecule has 0 bridgehead atoms. The van der Waals surface area contributed by atoms with Gasteiger partial charge in [0.1, 0.15) is 5.84 Å². The second-order valence-corrected chi connectivity index (χ2v) is 13.4. The van der Waals surface area contributed by atoms with Crippen molar-refractivity contribution in [3.8, 4) is 0 Å². The fourth-order valence-corrected chi connectivity index (χ4v) is 7.12. The number of dihydropyridines is 1. The van der Waals surface area contributed by atoms with E-state index in [9.17, 15) is 31.1 Å². The van der Waals surface area contributed by atoms with Gasteiger partial charge in [0.25, 0.3) is 5.95 Å². The van der Waals surface area contributed by atoms with E-state index in [0.29, 0.717) is 42.4 Å². The lowest BCUT2D eigenvalue weighted by Gasteiger charge is -2.40. The van der Waals surface area contributed by atoms with Gasteiger partial charge in [0.2, 0.25) is 5.91 Å². The van der Waals surface area contributed by atoms with E-state index >= 15 is 0 Å². The molecule has 2 unspecified atom stereocenters. The number of amides is 1. The Morgan fingerprint density at radius 3 is 2.17 bits per heavy atom. The van der Waals surface area contributed by atoms with Gasteiger partial charge in [0, 0.05) is 43.9 Å². The van der Waals surface area contributed by atoms with Crippen molar-refractivity contribution >= 4 is 23.4 Å². The molecule has 1 aromatic carbocycles. The molecule has 2 aliphatic carbocycles.